The molecule has 0 unspecified atom stereocenters. The summed E-state index contributed by atoms with van der Waals surface area (Å²) in [5, 5.41) is 8.01. The number of nitrogens with zero attached hydrogens (tertiary/aromatic N) is 3. The van der Waals surface area contributed by atoms with E-state index >= 15 is 0 Å². The largest absolute Gasteiger partial charge is 0.493 e. The second-order valence-corrected chi connectivity index (χ2v) is 6.66. The van der Waals surface area contributed by atoms with Gasteiger partial charge in [-0.1, -0.05) is 19.1 Å². The number of ether oxygens (including phenoxy) is 2. The van der Waals surface area contributed by atoms with Crippen LogP contribution in [0.25, 0.3) is 0 Å². The number of benzene rings is 1. The molecule has 0 spiro atoms. The van der Waals surface area contributed by atoms with E-state index in [9.17, 15) is 4.79 Å². The predicted octanol–water partition coefficient (Wildman–Crippen LogP) is 2.63. The minimum atomic E-state index is -0.245. The van der Waals surface area contributed by atoms with Gasteiger partial charge in [-0.25, -0.2) is 0 Å². The van der Waals surface area contributed by atoms with Crippen LogP contribution in [0, 0.1) is 5.92 Å². The molecule has 1 atom stereocenters. The van der Waals surface area contributed by atoms with Crippen molar-refractivity contribution in [1.82, 2.24) is 15.1 Å². The standard InChI is InChI=1S/C19H25N3O4/c1-5-16-20-21-17(26-16)10-22(12(2)3)19(23)14-9-13-7-6-8-15(24-4)18(13)25-11-14/h6-8,12,14H,5,9-11H2,1-4H3/t14-/m1/s1. The number of aromatic nitrogens is 2. The number of rotatable bonds is 6. The zero-order chi connectivity index (χ0) is 18.7. The maximum absolute atomic E-state index is 13.1. The Morgan fingerprint density at radius 2 is 2.12 bits per heavy atom. The van der Waals surface area contributed by atoms with Gasteiger partial charge < -0.3 is 18.8 Å². The van der Waals surface area contributed by atoms with E-state index in [4.69, 9.17) is 13.9 Å². The summed E-state index contributed by atoms with van der Waals surface area (Å²) in [4.78, 5) is 14.9. The van der Waals surface area contributed by atoms with E-state index in [1.807, 2.05) is 39.0 Å². The number of aryl methyl sites for hydroxylation is 1. The first-order chi connectivity index (χ1) is 12.5. The number of carbonyl (C=O) groups excluding carboxylic acids is 1. The summed E-state index contributed by atoms with van der Waals surface area (Å²) in [5.41, 5.74) is 0.990. The maximum Gasteiger partial charge on any atom is 0.235 e. The highest BCUT2D eigenvalue weighted by Gasteiger charge is 2.32. The molecule has 7 heteroatoms. The third-order valence-electron chi connectivity index (χ3n) is 4.55. The highest BCUT2D eigenvalue weighted by atomic mass is 16.5. The van der Waals surface area contributed by atoms with E-state index in [1.165, 1.54) is 0 Å². The quantitative estimate of drug-likeness (QED) is 0.789. The van der Waals surface area contributed by atoms with Crippen LogP contribution in [0.3, 0.4) is 0 Å². The van der Waals surface area contributed by atoms with Gasteiger partial charge >= 0.3 is 0 Å². The van der Waals surface area contributed by atoms with Gasteiger partial charge in [0.05, 0.1) is 19.6 Å². The van der Waals surface area contributed by atoms with E-state index < -0.39 is 0 Å². The Hall–Kier alpha value is -2.57. The van der Waals surface area contributed by atoms with Gasteiger partial charge in [0.15, 0.2) is 11.5 Å². The van der Waals surface area contributed by atoms with Crippen molar-refractivity contribution in [2.24, 2.45) is 5.92 Å². The Labute approximate surface area is 153 Å². The normalized spacial score (nSPS) is 16.1. The van der Waals surface area contributed by atoms with E-state index in [2.05, 4.69) is 10.2 Å². The van der Waals surface area contributed by atoms with Gasteiger partial charge in [-0.15, -0.1) is 10.2 Å². The minimum Gasteiger partial charge on any atom is -0.493 e. The average Bonchev–Trinajstić information content (AvgIpc) is 3.12. The van der Waals surface area contributed by atoms with E-state index in [1.54, 1.807) is 12.0 Å². The van der Waals surface area contributed by atoms with Gasteiger partial charge in [0.25, 0.3) is 0 Å². The van der Waals surface area contributed by atoms with Crippen molar-refractivity contribution in [2.75, 3.05) is 13.7 Å². The zero-order valence-corrected chi connectivity index (χ0v) is 15.7. The molecule has 0 aliphatic carbocycles. The topological polar surface area (TPSA) is 77.7 Å². The molecule has 1 amide bonds. The van der Waals surface area contributed by atoms with Gasteiger partial charge in [0.2, 0.25) is 17.7 Å². The summed E-state index contributed by atoms with van der Waals surface area (Å²) < 4.78 is 16.8. The van der Waals surface area contributed by atoms with Crippen LogP contribution in [0.1, 0.15) is 38.1 Å². The second-order valence-electron chi connectivity index (χ2n) is 6.66. The molecule has 140 valence electrons. The van der Waals surface area contributed by atoms with Crippen molar-refractivity contribution in [3.63, 3.8) is 0 Å². The molecule has 0 bridgehead atoms. The summed E-state index contributed by atoms with van der Waals surface area (Å²) >= 11 is 0. The molecule has 0 saturated heterocycles. The first kappa shape index (κ1) is 18.2. The molecular weight excluding hydrogens is 334 g/mol. The van der Waals surface area contributed by atoms with Gasteiger partial charge in [-0.05, 0) is 31.9 Å². The molecule has 7 nitrogen and oxygen atoms in total. The molecule has 0 radical (unpaired) electrons. The molecule has 0 saturated carbocycles. The fourth-order valence-electron chi connectivity index (χ4n) is 3.10. The Morgan fingerprint density at radius 1 is 1.35 bits per heavy atom. The summed E-state index contributed by atoms with van der Waals surface area (Å²) in [7, 11) is 1.62. The van der Waals surface area contributed by atoms with Crippen LogP contribution in [0.5, 0.6) is 11.5 Å². The summed E-state index contributed by atoms with van der Waals surface area (Å²) in [6.07, 6.45) is 1.30. The Balaban J connectivity index is 1.75. The van der Waals surface area contributed by atoms with Crippen LogP contribution in [-0.2, 0) is 24.2 Å². The van der Waals surface area contributed by atoms with Crippen molar-refractivity contribution >= 4 is 5.91 Å². The lowest BCUT2D eigenvalue weighted by atomic mass is 9.94. The molecule has 1 aliphatic heterocycles. The molecule has 1 aliphatic rings. The fourth-order valence-corrected chi connectivity index (χ4v) is 3.10. The number of hydrogen-bond donors (Lipinski definition) is 0. The average molecular weight is 359 g/mol. The first-order valence-electron chi connectivity index (χ1n) is 8.93. The Morgan fingerprint density at radius 3 is 2.77 bits per heavy atom. The first-order valence-corrected chi connectivity index (χ1v) is 8.93. The number of hydrogen-bond acceptors (Lipinski definition) is 6. The number of amides is 1. The van der Waals surface area contributed by atoms with Crippen LogP contribution in [0.15, 0.2) is 22.6 Å². The molecule has 2 aromatic rings. The van der Waals surface area contributed by atoms with Crippen molar-refractivity contribution in [2.45, 2.75) is 46.2 Å². The third-order valence-corrected chi connectivity index (χ3v) is 4.55. The van der Waals surface area contributed by atoms with Crippen LogP contribution < -0.4 is 9.47 Å². The number of para-hydroxylation sites is 1. The Kier molecular flexibility index (Phi) is 5.44. The van der Waals surface area contributed by atoms with Gasteiger partial charge in [0, 0.05) is 12.5 Å². The highest BCUT2D eigenvalue weighted by Crippen LogP contribution is 2.36. The van der Waals surface area contributed by atoms with Crippen LogP contribution in [0.2, 0.25) is 0 Å². The number of methoxy groups -OCH3 is 1. The smallest absolute Gasteiger partial charge is 0.235 e. The molecular formula is C19H25N3O4. The van der Waals surface area contributed by atoms with Gasteiger partial charge in [-0.3, -0.25) is 4.79 Å². The zero-order valence-electron chi connectivity index (χ0n) is 15.7. The molecule has 2 heterocycles. The molecule has 26 heavy (non-hydrogen) atoms. The maximum atomic E-state index is 13.1. The number of fused-ring (bicyclic) bond motifs is 1. The molecule has 0 N–H and O–H groups in total. The van der Waals surface area contributed by atoms with E-state index in [-0.39, 0.29) is 17.9 Å². The lowest BCUT2D eigenvalue weighted by molar-refractivity contribution is -0.139. The lowest BCUT2D eigenvalue weighted by Crippen LogP contribution is -2.44. The molecule has 1 aromatic heterocycles. The summed E-state index contributed by atoms with van der Waals surface area (Å²) in [5.74, 6) is 2.27. The fraction of sp³-hybridized carbons (Fsp3) is 0.526. The lowest BCUT2D eigenvalue weighted by Gasteiger charge is -2.32. The summed E-state index contributed by atoms with van der Waals surface area (Å²) in [6.45, 7) is 6.56. The molecule has 1 aromatic carbocycles. The monoisotopic (exact) mass is 359 g/mol. The second kappa shape index (κ2) is 7.76. The highest BCUT2D eigenvalue weighted by molar-refractivity contribution is 5.80. The van der Waals surface area contributed by atoms with Crippen LogP contribution >= 0.6 is 0 Å². The van der Waals surface area contributed by atoms with Gasteiger partial charge in [0.1, 0.15) is 6.61 Å². The molecule has 0 fully saturated rings. The van der Waals surface area contributed by atoms with Crippen molar-refractivity contribution in [1.29, 1.82) is 0 Å². The van der Waals surface area contributed by atoms with E-state index in [0.717, 1.165) is 11.3 Å². The number of carbonyl (C=O) groups is 1. The van der Waals surface area contributed by atoms with Crippen molar-refractivity contribution in [3.05, 3.63) is 35.5 Å². The van der Waals surface area contributed by atoms with E-state index in [0.29, 0.717) is 43.5 Å². The summed E-state index contributed by atoms with van der Waals surface area (Å²) in [6, 6.07) is 5.77. The van der Waals surface area contributed by atoms with Crippen LogP contribution in [-0.4, -0.2) is 40.8 Å². The Bertz CT molecular complexity index is 772. The minimum absolute atomic E-state index is 0.0196. The SMILES string of the molecule is CCc1nnc(CN(C(=O)[C@H]2COc3c(cccc3OC)C2)C(C)C)o1. The van der Waals surface area contributed by atoms with Crippen molar-refractivity contribution in [3.8, 4) is 11.5 Å². The van der Waals surface area contributed by atoms with Crippen molar-refractivity contribution < 1.29 is 18.7 Å². The predicted molar refractivity (Wildman–Crippen MR) is 95.0 cm³/mol. The molecule has 3 rings (SSSR count). The third kappa shape index (κ3) is 3.66. The van der Waals surface area contributed by atoms with Crippen LogP contribution in [0.4, 0.5) is 0 Å². The van der Waals surface area contributed by atoms with Gasteiger partial charge in [-0.2, -0.15) is 0 Å².